The molecule has 1 aromatic carbocycles. The number of para-hydroxylation sites is 1. The molecular weight excluding hydrogens is 288 g/mol. The molecule has 1 atom stereocenters. The van der Waals surface area contributed by atoms with Gasteiger partial charge in [-0.25, -0.2) is 0 Å². The van der Waals surface area contributed by atoms with Gasteiger partial charge in [-0.05, 0) is 25.5 Å². The van der Waals surface area contributed by atoms with Crippen molar-refractivity contribution >= 4 is 10.1 Å². The van der Waals surface area contributed by atoms with Crippen molar-refractivity contribution in [3.8, 4) is 5.75 Å². The third-order valence-corrected chi connectivity index (χ3v) is 4.99. The second-order valence-electron chi connectivity index (χ2n) is 5.54. The lowest BCUT2D eigenvalue weighted by atomic mass is 10.1. The van der Waals surface area contributed by atoms with Crippen LogP contribution in [-0.2, 0) is 10.1 Å². The van der Waals surface area contributed by atoms with Gasteiger partial charge in [-0.15, -0.1) is 0 Å². The Balaban J connectivity index is 2.59. The van der Waals surface area contributed by atoms with Gasteiger partial charge in [-0.2, -0.15) is 8.42 Å². The molecule has 120 valence electrons. The minimum atomic E-state index is -4.28. The Hall–Kier alpha value is -1.07. The fraction of sp³-hybridized carbons (Fsp3) is 0.625. The number of hydrogen-bond donors (Lipinski definition) is 1. The zero-order valence-corrected chi connectivity index (χ0v) is 13.7. The van der Waals surface area contributed by atoms with Gasteiger partial charge in [0.05, 0.1) is 0 Å². The summed E-state index contributed by atoms with van der Waals surface area (Å²) in [5.74, 6) is 0.448. The van der Waals surface area contributed by atoms with Crippen LogP contribution in [0.1, 0.15) is 58.8 Å². The Labute approximate surface area is 128 Å². The van der Waals surface area contributed by atoms with Crippen LogP contribution in [0.25, 0.3) is 0 Å². The van der Waals surface area contributed by atoms with Crippen LogP contribution in [0.4, 0.5) is 0 Å². The molecule has 1 rings (SSSR count). The standard InChI is InChI=1S/C16H26O4S/c1-3-4-5-6-7-11-14-16(2,21(17,18)19)20-15-12-9-8-10-13-15/h8-10,12-13H,3-7,11,14H2,1-2H3,(H,17,18,19). The molecule has 0 heterocycles. The summed E-state index contributed by atoms with van der Waals surface area (Å²) in [6.07, 6.45) is 6.58. The van der Waals surface area contributed by atoms with E-state index in [1.807, 2.05) is 6.07 Å². The highest BCUT2D eigenvalue weighted by Crippen LogP contribution is 2.28. The number of rotatable bonds is 10. The van der Waals surface area contributed by atoms with Gasteiger partial charge in [0.25, 0.3) is 0 Å². The fourth-order valence-corrected chi connectivity index (χ4v) is 2.80. The van der Waals surface area contributed by atoms with E-state index >= 15 is 0 Å². The monoisotopic (exact) mass is 314 g/mol. The SMILES string of the molecule is CCCCCCCCC(C)(Oc1ccccc1)S(=O)(=O)O. The van der Waals surface area contributed by atoms with E-state index in [1.54, 1.807) is 24.3 Å². The van der Waals surface area contributed by atoms with E-state index < -0.39 is 15.1 Å². The first-order chi connectivity index (χ1) is 9.89. The van der Waals surface area contributed by atoms with Crippen LogP contribution in [0.3, 0.4) is 0 Å². The lowest BCUT2D eigenvalue weighted by molar-refractivity contribution is 0.145. The van der Waals surface area contributed by atoms with Crippen molar-refractivity contribution < 1.29 is 17.7 Å². The van der Waals surface area contributed by atoms with E-state index in [-0.39, 0.29) is 6.42 Å². The van der Waals surface area contributed by atoms with E-state index in [2.05, 4.69) is 6.92 Å². The highest BCUT2D eigenvalue weighted by molar-refractivity contribution is 7.87. The van der Waals surface area contributed by atoms with Crippen molar-refractivity contribution in [2.24, 2.45) is 0 Å². The number of hydrogen-bond acceptors (Lipinski definition) is 3. The highest BCUT2D eigenvalue weighted by atomic mass is 32.2. The molecule has 1 unspecified atom stereocenters. The molecule has 0 saturated heterocycles. The van der Waals surface area contributed by atoms with E-state index in [9.17, 15) is 13.0 Å². The Morgan fingerprint density at radius 3 is 2.19 bits per heavy atom. The minimum absolute atomic E-state index is 0.285. The van der Waals surface area contributed by atoms with Crippen LogP contribution in [0.15, 0.2) is 30.3 Å². The van der Waals surface area contributed by atoms with Gasteiger partial charge in [0.1, 0.15) is 5.75 Å². The molecule has 21 heavy (non-hydrogen) atoms. The van der Waals surface area contributed by atoms with Crippen molar-refractivity contribution in [2.45, 2.75) is 63.7 Å². The molecule has 0 amide bonds. The van der Waals surface area contributed by atoms with Gasteiger partial charge in [0.2, 0.25) is 4.93 Å². The zero-order valence-electron chi connectivity index (χ0n) is 12.9. The number of ether oxygens (including phenoxy) is 1. The third kappa shape index (κ3) is 6.06. The topological polar surface area (TPSA) is 63.6 Å². The fourth-order valence-electron chi connectivity index (χ4n) is 2.20. The molecule has 0 bridgehead atoms. The molecule has 0 spiro atoms. The van der Waals surface area contributed by atoms with Crippen LogP contribution in [0.2, 0.25) is 0 Å². The predicted molar refractivity (Wildman–Crippen MR) is 85.0 cm³/mol. The summed E-state index contributed by atoms with van der Waals surface area (Å²) >= 11 is 0. The summed E-state index contributed by atoms with van der Waals surface area (Å²) in [6, 6.07) is 8.73. The van der Waals surface area contributed by atoms with E-state index in [4.69, 9.17) is 4.74 Å². The first kappa shape index (κ1) is 18.0. The normalized spacial score (nSPS) is 14.6. The summed E-state index contributed by atoms with van der Waals surface area (Å²) in [6.45, 7) is 3.59. The van der Waals surface area contributed by atoms with Crippen molar-refractivity contribution in [2.75, 3.05) is 0 Å². The maximum absolute atomic E-state index is 11.7. The van der Waals surface area contributed by atoms with Gasteiger partial charge in [-0.3, -0.25) is 4.55 Å². The second-order valence-corrected chi connectivity index (χ2v) is 7.36. The number of benzene rings is 1. The molecule has 0 aromatic heterocycles. The molecule has 1 aromatic rings. The Morgan fingerprint density at radius 1 is 1.05 bits per heavy atom. The van der Waals surface area contributed by atoms with E-state index in [1.165, 1.54) is 26.2 Å². The van der Waals surface area contributed by atoms with Gasteiger partial charge in [0.15, 0.2) is 0 Å². The first-order valence-corrected chi connectivity index (χ1v) is 9.04. The molecule has 4 nitrogen and oxygen atoms in total. The lowest BCUT2D eigenvalue weighted by Gasteiger charge is -2.27. The predicted octanol–water partition coefficient (Wildman–Crippen LogP) is 4.42. The molecular formula is C16H26O4S. The zero-order chi connectivity index (χ0) is 15.8. The maximum Gasteiger partial charge on any atom is 0.306 e. The Bertz CT molecular complexity index is 498. The lowest BCUT2D eigenvalue weighted by Crippen LogP contribution is -2.41. The van der Waals surface area contributed by atoms with E-state index in [0.717, 1.165) is 12.8 Å². The van der Waals surface area contributed by atoms with Crippen LogP contribution in [-0.4, -0.2) is 17.9 Å². The Kier molecular flexibility index (Phi) is 7.18. The molecule has 0 fully saturated rings. The Morgan fingerprint density at radius 2 is 1.62 bits per heavy atom. The van der Waals surface area contributed by atoms with Gasteiger partial charge in [0, 0.05) is 6.42 Å². The molecule has 0 aliphatic heterocycles. The number of unbranched alkanes of at least 4 members (excludes halogenated alkanes) is 5. The molecule has 0 aliphatic carbocycles. The average molecular weight is 314 g/mol. The summed E-state index contributed by atoms with van der Waals surface area (Å²) in [5, 5.41) is 0. The van der Waals surface area contributed by atoms with Gasteiger partial charge < -0.3 is 4.74 Å². The first-order valence-electron chi connectivity index (χ1n) is 7.60. The van der Waals surface area contributed by atoms with Crippen molar-refractivity contribution in [3.05, 3.63) is 30.3 Å². The molecule has 0 aliphatic rings. The molecule has 1 N–H and O–H groups in total. The molecule has 0 saturated carbocycles. The van der Waals surface area contributed by atoms with Crippen LogP contribution >= 0.6 is 0 Å². The summed E-state index contributed by atoms with van der Waals surface area (Å²) in [7, 11) is -4.28. The summed E-state index contributed by atoms with van der Waals surface area (Å²) in [4.78, 5) is -1.58. The van der Waals surface area contributed by atoms with Crippen LogP contribution in [0, 0.1) is 0 Å². The quantitative estimate of drug-likeness (QED) is 0.513. The third-order valence-electron chi connectivity index (χ3n) is 3.61. The van der Waals surface area contributed by atoms with Gasteiger partial charge in [-0.1, -0.05) is 57.2 Å². The average Bonchev–Trinajstić information content (AvgIpc) is 2.42. The van der Waals surface area contributed by atoms with Crippen LogP contribution < -0.4 is 4.74 Å². The summed E-state index contributed by atoms with van der Waals surface area (Å²) in [5.41, 5.74) is 0. The smallest absolute Gasteiger partial charge is 0.306 e. The summed E-state index contributed by atoms with van der Waals surface area (Å²) < 4.78 is 38.4. The van der Waals surface area contributed by atoms with Gasteiger partial charge >= 0.3 is 10.1 Å². The van der Waals surface area contributed by atoms with Crippen molar-refractivity contribution in [3.63, 3.8) is 0 Å². The molecule has 0 radical (unpaired) electrons. The second kappa shape index (κ2) is 8.39. The largest absolute Gasteiger partial charge is 0.469 e. The minimum Gasteiger partial charge on any atom is -0.469 e. The highest BCUT2D eigenvalue weighted by Gasteiger charge is 2.39. The maximum atomic E-state index is 11.7. The van der Waals surface area contributed by atoms with Crippen molar-refractivity contribution in [1.29, 1.82) is 0 Å². The molecule has 5 heteroatoms. The van der Waals surface area contributed by atoms with E-state index in [0.29, 0.717) is 12.2 Å². The van der Waals surface area contributed by atoms with Crippen LogP contribution in [0.5, 0.6) is 5.75 Å². The van der Waals surface area contributed by atoms with Crippen molar-refractivity contribution in [1.82, 2.24) is 0 Å².